The molecule has 0 amide bonds. The summed E-state index contributed by atoms with van der Waals surface area (Å²) in [6.07, 6.45) is 2.65. The Bertz CT molecular complexity index is 410. The van der Waals surface area contributed by atoms with Gasteiger partial charge in [-0.15, -0.1) is 11.8 Å². The largest absolute Gasteiger partial charge is 0.478 e. The van der Waals surface area contributed by atoms with Crippen LogP contribution in [0.5, 0.6) is 0 Å². The lowest BCUT2D eigenvalue weighted by atomic mass is 10.1. The highest BCUT2D eigenvalue weighted by Gasteiger charge is 2.14. The van der Waals surface area contributed by atoms with Crippen LogP contribution in [-0.2, 0) is 0 Å². The lowest BCUT2D eigenvalue weighted by Crippen LogP contribution is -2.09. The number of nitrogens with one attached hydrogen (secondary N) is 1. The van der Waals surface area contributed by atoms with Gasteiger partial charge in [0.15, 0.2) is 0 Å². The van der Waals surface area contributed by atoms with E-state index in [1.807, 2.05) is 19.1 Å². The Balaban J connectivity index is 2.70. The number of unbranched alkanes of at least 4 members (excludes halogenated alkanes) is 2. The minimum absolute atomic E-state index is 0.211. The van der Waals surface area contributed by atoms with Gasteiger partial charge in [0.2, 0.25) is 0 Å². The van der Waals surface area contributed by atoms with Gasteiger partial charge in [-0.3, -0.25) is 0 Å². The van der Waals surface area contributed by atoms with Crippen molar-refractivity contribution in [1.29, 1.82) is 0 Å². The maximum absolute atomic E-state index is 11.4. The fraction of sp³-hybridized carbons (Fsp3) is 0.500. The third kappa shape index (κ3) is 5.12. The van der Waals surface area contributed by atoms with E-state index in [2.05, 4.69) is 5.32 Å². The number of hydrogen-bond donors (Lipinski definition) is 3. The molecule has 0 aliphatic heterocycles. The molecule has 1 rings (SSSR count). The van der Waals surface area contributed by atoms with E-state index in [0.29, 0.717) is 11.3 Å². The molecule has 1 aromatic carbocycles. The minimum Gasteiger partial charge on any atom is -0.478 e. The van der Waals surface area contributed by atoms with E-state index in [0.717, 1.165) is 36.5 Å². The molecule has 4 nitrogen and oxygen atoms in total. The molecule has 0 atom stereocenters. The summed E-state index contributed by atoms with van der Waals surface area (Å²) in [4.78, 5) is 12.2. The zero-order chi connectivity index (χ0) is 14.1. The lowest BCUT2D eigenvalue weighted by molar-refractivity contribution is 0.0694. The first kappa shape index (κ1) is 15.9. The molecule has 0 saturated carbocycles. The normalized spacial score (nSPS) is 10.4. The van der Waals surface area contributed by atoms with E-state index in [4.69, 9.17) is 5.11 Å². The number of carboxylic acid groups (broad SMARTS) is 1. The molecule has 0 saturated heterocycles. The Morgan fingerprint density at radius 3 is 2.74 bits per heavy atom. The summed E-state index contributed by atoms with van der Waals surface area (Å²) in [7, 11) is 0. The number of aromatic carboxylic acids is 1. The molecule has 19 heavy (non-hydrogen) atoms. The van der Waals surface area contributed by atoms with Gasteiger partial charge in [0.05, 0.1) is 5.56 Å². The molecule has 0 fully saturated rings. The SMILES string of the molecule is CCSc1cccc(NCCCCCO)c1C(=O)O. The number of aliphatic hydroxyl groups excluding tert-OH is 1. The standard InChI is InChI=1S/C14H21NO3S/c1-2-19-12-8-6-7-11(13(12)14(17)18)15-9-4-3-5-10-16/h6-8,15-16H,2-5,9-10H2,1H3,(H,17,18). The van der Waals surface area contributed by atoms with E-state index < -0.39 is 5.97 Å². The van der Waals surface area contributed by atoms with Crippen molar-refractivity contribution in [3.05, 3.63) is 23.8 Å². The molecule has 0 aliphatic rings. The van der Waals surface area contributed by atoms with Crippen molar-refractivity contribution in [3.63, 3.8) is 0 Å². The molecule has 3 N–H and O–H groups in total. The van der Waals surface area contributed by atoms with E-state index >= 15 is 0 Å². The third-order valence-electron chi connectivity index (χ3n) is 2.69. The van der Waals surface area contributed by atoms with E-state index in [-0.39, 0.29) is 6.61 Å². The summed E-state index contributed by atoms with van der Waals surface area (Å²) in [6, 6.07) is 5.52. The van der Waals surface area contributed by atoms with Gasteiger partial charge in [-0.25, -0.2) is 4.79 Å². The second kappa shape index (κ2) is 8.82. The summed E-state index contributed by atoms with van der Waals surface area (Å²) in [5.41, 5.74) is 1.03. The first-order valence-corrected chi connectivity index (χ1v) is 7.53. The molecular formula is C14H21NO3S. The average Bonchev–Trinajstić information content (AvgIpc) is 2.38. The predicted octanol–water partition coefficient (Wildman–Crippen LogP) is 3.07. The fourth-order valence-corrected chi connectivity index (χ4v) is 2.64. The second-order valence-electron chi connectivity index (χ2n) is 4.13. The van der Waals surface area contributed by atoms with Crippen LogP contribution >= 0.6 is 11.8 Å². The summed E-state index contributed by atoms with van der Waals surface area (Å²) >= 11 is 1.54. The first-order chi connectivity index (χ1) is 9.20. The fourth-order valence-electron chi connectivity index (χ4n) is 1.81. The van der Waals surface area contributed by atoms with Gasteiger partial charge in [-0.1, -0.05) is 13.0 Å². The quantitative estimate of drug-likeness (QED) is 0.480. The molecule has 0 heterocycles. The van der Waals surface area contributed by atoms with Crippen molar-refractivity contribution in [3.8, 4) is 0 Å². The monoisotopic (exact) mass is 283 g/mol. The van der Waals surface area contributed by atoms with Crippen molar-refractivity contribution in [1.82, 2.24) is 0 Å². The predicted molar refractivity (Wildman–Crippen MR) is 79.2 cm³/mol. The van der Waals surface area contributed by atoms with Crippen LogP contribution in [0.2, 0.25) is 0 Å². The number of benzene rings is 1. The Hall–Kier alpha value is -1.20. The highest BCUT2D eigenvalue weighted by atomic mass is 32.2. The van der Waals surface area contributed by atoms with E-state index in [1.54, 1.807) is 6.07 Å². The van der Waals surface area contributed by atoms with Crippen molar-refractivity contribution in [2.75, 3.05) is 24.2 Å². The van der Waals surface area contributed by atoms with E-state index in [1.165, 1.54) is 11.8 Å². The molecule has 0 aromatic heterocycles. The van der Waals surface area contributed by atoms with Crippen molar-refractivity contribution < 1.29 is 15.0 Å². The summed E-state index contributed by atoms with van der Waals surface area (Å²) in [5, 5.41) is 21.2. The Morgan fingerprint density at radius 2 is 2.11 bits per heavy atom. The molecule has 0 aliphatic carbocycles. The van der Waals surface area contributed by atoms with Gasteiger partial charge in [0.25, 0.3) is 0 Å². The van der Waals surface area contributed by atoms with Gasteiger partial charge in [0, 0.05) is 23.7 Å². The van der Waals surface area contributed by atoms with Crippen LogP contribution in [0.3, 0.4) is 0 Å². The molecule has 0 radical (unpaired) electrons. The van der Waals surface area contributed by atoms with Crippen LogP contribution in [0, 0.1) is 0 Å². The first-order valence-electron chi connectivity index (χ1n) is 6.54. The highest BCUT2D eigenvalue weighted by Crippen LogP contribution is 2.28. The minimum atomic E-state index is -0.894. The zero-order valence-electron chi connectivity index (χ0n) is 11.2. The number of aliphatic hydroxyl groups is 1. The van der Waals surface area contributed by atoms with Crippen LogP contribution in [0.4, 0.5) is 5.69 Å². The smallest absolute Gasteiger partial charge is 0.338 e. The maximum atomic E-state index is 11.4. The number of thioether (sulfide) groups is 1. The zero-order valence-corrected chi connectivity index (χ0v) is 12.0. The van der Waals surface area contributed by atoms with Crippen LogP contribution < -0.4 is 5.32 Å². The van der Waals surface area contributed by atoms with Crippen molar-refractivity contribution >= 4 is 23.4 Å². The molecule has 0 bridgehead atoms. The van der Waals surface area contributed by atoms with Gasteiger partial charge >= 0.3 is 5.97 Å². The lowest BCUT2D eigenvalue weighted by Gasteiger charge is -2.12. The molecule has 5 heteroatoms. The molecule has 0 spiro atoms. The topological polar surface area (TPSA) is 69.6 Å². The molecular weight excluding hydrogens is 262 g/mol. The number of hydrogen-bond acceptors (Lipinski definition) is 4. The van der Waals surface area contributed by atoms with Crippen LogP contribution in [0.15, 0.2) is 23.1 Å². The van der Waals surface area contributed by atoms with Gasteiger partial charge in [0.1, 0.15) is 0 Å². The number of anilines is 1. The van der Waals surface area contributed by atoms with Gasteiger partial charge in [-0.05, 0) is 37.1 Å². The van der Waals surface area contributed by atoms with Gasteiger partial charge < -0.3 is 15.5 Å². The highest BCUT2D eigenvalue weighted by molar-refractivity contribution is 7.99. The molecule has 1 aromatic rings. The number of rotatable bonds is 9. The molecule has 0 unspecified atom stereocenters. The third-order valence-corrected chi connectivity index (χ3v) is 3.63. The number of carboxylic acids is 1. The molecule has 106 valence electrons. The van der Waals surface area contributed by atoms with Crippen LogP contribution in [0.25, 0.3) is 0 Å². The maximum Gasteiger partial charge on any atom is 0.338 e. The van der Waals surface area contributed by atoms with Crippen molar-refractivity contribution in [2.24, 2.45) is 0 Å². The summed E-state index contributed by atoms with van der Waals surface area (Å²) in [5.74, 6) is -0.0466. The summed E-state index contributed by atoms with van der Waals surface area (Å²) in [6.45, 7) is 2.94. The average molecular weight is 283 g/mol. The van der Waals surface area contributed by atoms with Crippen LogP contribution in [-0.4, -0.2) is 35.1 Å². The number of carbonyl (C=O) groups is 1. The Kier molecular flexibility index (Phi) is 7.36. The van der Waals surface area contributed by atoms with Gasteiger partial charge in [-0.2, -0.15) is 0 Å². The Labute approximate surface area is 118 Å². The Morgan fingerprint density at radius 1 is 1.32 bits per heavy atom. The summed E-state index contributed by atoms with van der Waals surface area (Å²) < 4.78 is 0. The van der Waals surface area contributed by atoms with E-state index in [9.17, 15) is 9.90 Å². The van der Waals surface area contributed by atoms with Crippen LogP contribution in [0.1, 0.15) is 36.5 Å². The van der Waals surface area contributed by atoms with Crippen molar-refractivity contribution in [2.45, 2.75) is 31.1 Å². The second-order valence-corrected chi connectivity index (χ2v) is 5.43.